The van der Waals surface area contributed by atoms with Gasteiger partial charge in [-0.2, -0.15) is 0 Å². The summed E-state index contributed by atoms with van der Waals surface area (Å²) in [6.07, 6.45) is 0. The van der Waals surface area contributed by atoms with Crippen LogP contribution in [-0.2, 0) is 20.9 Å². The molecule has 3 rings (SSSR count). The van der Waals surface area contributed by atoms with Crippen LogP contribution in [0.4, 0.5) is 5.69 Å². The second-order valence-electron chi connectivity index (χ2n) is 6.26. The number of nitrogens with zero attached hydrogens (tertiary/aromatic N) is 2. The lowest BCUT2D eigenvalue weighted by atomic mass is 10.1. The van der Waals surface area contributed by atoms with Crippen LogP contribution in [0.3, 0.4) is 0 Å². The Labute approximate surface area is 161 Å². The van der Waals surface area contributed by atoms with Crippen LogP contribution in [0.5, 0.6) is 0 Å². The summed E-state index contributed by atoms with van der Waals surface area (Å²) in [4.78, 5) is 40.6. The van der Waals surface area contributed by atoms with Gasteiger partial charge in [0.25, 0.3) is 0 Å². The summed E-state index contributed by atoms with van der Waals surface area (Å²) in [6.45, 7) is 1.47. The average Bonchev–Trinajstić information content (AvgIpc) is 2.68. The first-order chi connectivity index (χ1) is 13.0. The van der Waals surface area contributed by atoms with E-state index in [0.29, 0.717) is 5.69 Å². The molecule has 1 aliphatic rings. The highest BCUT2D eigenvalue weighted by Crippen LogP contribution is 2.34. The molecular weight excluding hydrogens is 364 g/mol. The Morgan fingerprint density at radius 1 is 1.15 bits per heavy atom. The number of carbonyl (C=O) groups excluding carboxylic acids is 2. The molecule has 0 saturated carbocycles. The van der Waals surface area contributed by atoms with Crippen LogP contribution < -0.4 is 4.90 Å². The van der Waals surface area contributed by atoms with Crippen LogP contribution in [0.1, 0.15) is 12.5 Å². The van der Waals surface area contributed by atoms with Crippen molar-refractivity contribution in [1.29, 1.82) is 0 Å². The Hall–Kier alpha value is -2.80. The number of para-hydroxylation sites is 1. The van der Waals surface area contributed by atoms with Crippen molar-refractivity contribution < 1.29 is 19.5 Å². The molecular formula is C20H20N2O4S. The molecule has 2 aromatic carbocycles. The van der Waals surface area contributed by atoms with Crippen LogP contribution in [-0.4, -0.2) is 46.1 Å². The number of aliphatic carboxylic acids is 1. The molecule has 2 aromatic rings. The lowest BCUT2D eigenvalue weighted by Crippen LogP contribution is -2.49. The van der Waals surface area contributed by atoms with Crippen LogP contribution in [0.25, 0.3) is 0 Å². The number of carboxylic acids is 1. The largest absolute Gasteiger partial charge is 0.480 e. The number of hydrogen-bond acceptors (Lipinski definition) is 4. The van der Waals surface area contributed by atoms with E-state index in [9.17, 15) is 19.5 Å². The summed E-state index contributed by atoms with van der Waals surface area (Å²) in [5.41, 5.74) is 1.52. The fraction of sp³-hybridized carbons (Fsp3) is 0.250. The van der Waals surface area contributed by atoms with Crippen molar-refractivity contribution in [3.63, 3.8) is 0 Å². The molecule has 0 fully saturated rings. The topological polar surface area (TPSA) is 77.9 Å². The van der Waals surface area contributed by atoms with Crippen molar-refractivity contribution in [2.75, 3.05) is 17.2 Å². The number of anilines is 1. The van der Waals surface area contributed by atoms with E-state index in [2.05, 4.69) is 0 Å². The summed E-state index contributed by atoms with van der Waals surface area (Å²) >= 11 is 1.44. The van der Waals surface area contributed by atoms with Gasteiger partial charge >= 0.3 is 5.97 Å². The van der Waals surface area contributed by atoms with Crippen molar-refractivity contribution in [1.82, 2.24) is 4.90 Å². The smallest absolute Gasteiger partial charge is 0.326 e. The number of fused-ring (bicyclic) bond motifs is 1. The zero-order valence-electron chi connectivity index (χ0n) is 14.9. The van der Waals surface area contributed by atoms with Gasteiger partial charge in [0.2, 0.25) is 11.8 Å². The molecule has 1 atom stereocenters. The molecule has 1 aliphatic heterocycles. The maximum atomic E-state index is 13.0. The second-order valence-corrected chi connectivity index (χ2v) is 7.27. The maximum absolute atomic E-state index is 13.0. The third-order valence-corrected chi connectivity index (χ3v) is 5.49. The van der Waals surface area contributed by atoms with E-state index in [-0.39, 0.29) is 24.7 Å². The summed E-state index contributed by atoms with van der Waals surface area (Å²) in [5, 5.41) is 9.42. The molecule has 0 radical (unpaired) electrons. The minimum Gasteiger partial charge on any atom is -0.480 e. The second kappa shape index (κ2) is 8.26. The molecule has 0 aromatic heterocycles. The fourth-order valence-electron chi connectivity index (χ4n) is 2.91. The SMILES string of the molecule is CC(C(=O)O)N(Cc1ccccc1)C(=O)CN1C(=O)CSc2ccccc21. The number of amides is 2. The van der Waals surface area contributed by atoms with Gasteiger partial charge in [0.15, 0.2) is 0 Å². The van der Waals surface area contributed by atoms with Crippen molar-refractivity contribution >= 4 is 35.2 Å². The van der Waals surface area contributed by atoms with Gasteiger partial charge < -0.3 is 14.9 Å². The monoisotopic (exact) mass is 384 g/mol. The molecule has 0 saturated heterocycles. The fourth-order valence-corrected chi connectivity index (χ4v) is 3.84. The minimum atomic E-state index is -1.08. The van der Waals surface area contributed by atoms with Crippen molar-refractivity contribution in [3.05, 3.63) is 60.2 Å². The molecule has 1 heterocycles. The molecule has 0 aliphatic carbocycles. The van der Waals surface area contributed by atoms with E-state index >= 15 is 0 Å². The quantitative estimate of drug-likeness (QED) is 0.828. The lowest BCUT2D eigenvalue weighted by Gasteiger charge is -2.32. The predicted molar refractivity (Wildman–Crippen MR) is 104 cm³/mol. The molecule has 27 heavy (non-hydrogen) atoms. The maximum Gasteiger partial charge on any atom is 0.326 e. The highest BCUT2D eigenvalue weighted by molar-refractivity contribution is 8.00. The van der Waals surface area contributed by atoms with Crippen LogP contribution in [0.15, 0.2) is 59.5 Å². The highest BCUT2D eigenvalue weighted by atomic mass is 32.2. The van der Waals surface area contributed by atoms with Gasteiger partial charge in [-0.25, -0.2) is 4.79 Å². The van der Waals surface area contributed by atoms with Gasteiger partial charge in [-0.3, -0.25) is 9.59 Å². The highest BCUT2D eigenvalue weighted by Gasteiger charge is 2.31. The Morgan fingerprint density at radius 2 is 1.81 bits per heavy atom. The molecule has 2 amide bonds. The molecule has 6 nitrogen and oxygen atoms in total. The van der Waals surface area contributed by atoms with Crippen LogP contribution in [0, 0.1) is 0 Å². The number of rotatable bonds is 6. The van der Waals surface area contributed by atoms with E-state index < -0.39 is 17.9 Å². The normalized spacial score (nSPS) is 14.4. The number of carbonyl (C=O) groups is 3. The van der Waals surface area contributed by atoms with Crippen molar-refractivity contribution in [3.8, 4) is 0 Å². The molecule has 1 N–H and O–H groups in total. The average molecular weight is 384 g/mol. The Morgan fingerprint density at radius 3 is 2.52 bits per heavy atom. The Balaban J connectivity index is 1.84. The van der Waals surface area contributed by atoms with Crippen molar-refractivity contribution in [2.24, 2.45) is 0 Å². The Kier molecular flexibility index (Phi) is 5.81. The minimum absolute atomic E-state index is 0.158. The molecule has 1 unspecified atom stereocenters. The molecule has 7 heteroatoms. The number of benzene rings is 2. The molecule has 0 spiro atoms. The van der Waals surface area contributed by atoms with Crippen LogP contribution >= 0.6 is 11.8 Å². The zero-order chi connectivity index (χ0) is 19.4. The Bertz CT molecular complexity index is 856. The van der Waals surface area contributed by atoms with Gasteiger partial charge in [-0.1, -0.05) is 42.5 Å². The van der Waals surface area contributed by atoms with E-state index in [1.165, 1.54) is 28.5 Å². The van der Waals surface area contributed by atoms with Gasteiger partial charge in [-0.05, 0) is 24.6 Å². The van der Waals surface area contributed by atoms with Gasteiger partial charge in [0, 0.05) is 11.4 Å². The lowest BCUT2D eigenvalue weighted by molar-refractivity contribution is -0.149. The number of thioether (sulfide) groups is 1. The summed E-state index contributed by atoms with van der Waals surface area (Å²) in [5.74, 6) is -1.38. The third kappa shape index (κ3) is 4.31. The number of hydrogen-bond donors (Lipinski definition) is 1. The number of carboxylic acid groups (broad SMARTS) is 1. The molecule has 140 valence electrons. The van der Waals surface area contributed by atoms with E-state index in [1.807, 2.05) is 48.5 Å². The molecule has 0 bridgehead atoms. The van der Waals surface area contributed by atoms with E-state index in [1.54, 1.807) is 6.07 Å². The standard InChI is InChI=1S/C20H20N2O4S/c1-14(20(25)26)21(11-15-7-3-2-4-8-15)18(23)12-22-16-9-5-6-10-17(16)27-13-19(22)24/h2-10,14H,11-13H2,1H3,(H,25,26). The summed E-state index contributed by atoms with van der Waals surface area (Å²) in [6, 6.07) is 15.6. The predicted octanol–water partition coefficient (Wildman–Crippen LogP) is 2.63. The van der Waals surface area contributed by atoms with Gasteiger partial charge in [0.1, 0.15) is 12.6 Å². The van der Waals surface area contributed by atoms with Gasteiger partial charge in [0.05, 0.1) is 11.4 Å². The first-order valence-corrected chi connectivity index (χ1v) is 9.54. The summed E-state index contributed by atoms with van der Waals surface area (Å²) in [7, 11) is 0. The van der Waals surface area contributed by atoms with E-state index in [0.717, 1.165) is 10.5 Å². The first-order valence-electron chi connectivity index (χ1n) is 8.55. The first kappa shape index (κ1) is 19.0. The van der Waals surface area contributed by atoms with E-state index in [4.69, 9.17) is 0 Å². The zero-order valence-corrected chi connectivity index (χ0v) is 15.7. The van der Waals surface area contributed by atoms with Crippen molar-refractivity contribution in [2.45, 2.75) is 24.4 Å². The van der Waals surface area contributed by atoms with Gasteiger partial charge in [-0.15, -0.1) is 11.8 Å². The van der Waals surface area contributed by atoms with Crippen LogP contribution in [0.2, 0.25) is 0 Å². The summed E-state index contributed by atoms with van der Waals surface area (Å²) < 4.78 is 0. The third-order valence-electron chi connectivity index (χ3n) is 4.44.